The Morgan fingerprint density at radius 3 is 2.80 bits per heavy atom. The number of anilines is 1. The van der Waals surface area contributed by atoms with Gasteiger partial charge in [-0.3, -0.25) is 5.32 Å². The molecule has 0 amide bonds. The summed E-state index contributed by atoms with van der Waals surface area (Å²) in [7, 11) is 1.57. The quantitative estimate of drug-likeness (QED) is 0.657. The van der Waals surface area contributed by atoms with Crippen LogP contribution in [0.2, 0.25) is 5.02 Å². The Morgan fingerprint density at radius 1 is 1.40 bits per heavy atom. The monoisotopic (exact) mass is 298 g/mol. The van der Waals surface area contributed by atoms with Crippen LogP contribution in [0.5, 0.6) is 0 Å². The Labute approximate surface area is 120 Å². The average molecular weight is 299 g/mol. The number of nitrogens with zero attached hydrogens (tertiary/aromatic N) is 3. The summed E-state index contributed by atoms with van der Waals surface area (Å²) in [6, 6.07) is 4.34. The molecule has 0 spiro atoms. The normalized spacial score (nSPS) is 12.6. The number of rotatable bonds is 5. The number of methoxy groups -OCH3 is 1. The second-order valence-electron chi connectivity index (χ2n) is 4.33. The number of halogens is 1. The van der Waals surface area contributed by atoms with Crippen LogP contribution >= 0.6 is 11.6 Å². The van der Waals surface area contributed by atoms with Gasteiger partial charge in [0.15, 0.2) is 5.52 Å². The van der Waals surface area contributed by atoms with Gasteiger partial charge in [0.1, 0.15) is 0 Å². The lowest BCUT2D eigenvalue weighted by atomic mass is 10.2. The van der Waals surface area contributed by atoms with Crippen molar-refractivity contribution in [1.29, 1.82) is 0 Å². The molecule has 8 heteroatoms. The van der Waals surface area contributed by atoms with Crippen LogP contribution in [0.15, 0.2) is 18.2 Å². The van der Waals surface area contributed by atoms with E-state index >= 15 is 0 Å². The number of aromatic nitrogens is 3. The molecule has 108 valence electrons. The summed E-state index contributed by atoms with van der Waals surface area (Å²) in [4.78, 5) is 0.386. The highest BCUT2D eigenvalue weighted by Crippen LogP contribution is 2.14. The van der Waals surface area contributed by atoms with Crippen LogP contribution in [0.3, 0.4) is 0 Å². The molecule has 0 aliphatic carbocycles. The van der Waals surface area contributed by atoms with Crippen LogP contribution in [0.25, 0.3) is 11.0 Å². The molecule has 0 aliphatic heterocycles. The zero-order valence-corrected chi connectivity index (χ0v) is 11.9. The smallest absolute Gasteiger partial charge is 0.461 e. The Bertz CT molecular complexity index is 623. The van der Waals surface area contributed by atoms with E-state index in [0.717, 1.165) is 6.42 Å². The van der Waals surface area contributed by atoms with Crippen molar-refractivity contribution in [2.24, 2.45) is 0 Å². The Balaban J connectivity index is 2.45. The van der Waals surface area contributed by atoms with Crippen LogP contribution in [-0.4, -0.2) is 24.9 Å². The average Bonchev–Trinajstić information content (AvgIpc) is 2.43. The molecule has 1 atom stereocenters. The Kier molecular flexibility index (Phi) is 4.41. The van der Waals surface area contributed by atoms with Crippen molar-refractivity contribution in [1.82, 2.24) is 5.10 Å². The molecule has 1 N–H and O–H groups in total. The van der Waals surface area contributed by atoms with Gasteiger partial charge in [-0.05, 0) is 18.6 Å². The van der Waals surface area contributed by atoms with Crippen molar-refractivity contribution in [3.63, 3.8) is 0 Å². The van der Waals surface area contributed by atoms with Crippen molar-refractivity contribution in [3.05, 3.63) is 33.6 Å². The molecule has 7 nitrogen and oxygen atoms in total. The second-order valence-corrected chi connectivity index (χ2v) is 4.77. The predicted octanol–water partition coefficient (Wildman–Crippen LogP) is 0.992. The molecule has 20 heavy (non-hydrogen) atoms. The van der Waals surface area contributed by atoms with E-state index in [0.29, 0.717) is 21.2 Å². The summed E-state index contributed by atoms with van der Waals surface area (Å²) in [5, 5.41) is 31.0. The number of benzene rings is 1. The summed E-state index contributed by atoms with van der Waals surface area (Å²) in [6.07, 6.45) is 0.729. The van der Waals surface area contributed by atoms with E-state index in [-0.39, 0.29) is 23.0 Å². The molecule has 0 bridgehead atoms. The number of hydrogen-bond donors (Lipinski definition) is 1. The fourth-order valence-electron chi connectivity index (χ4n) is 1.85. The summed E-state index contributed by atoms with van der Waals surface area (Å²) in [6.45, 7) is 2.35. The zero-order valence-electron chi connectivity index (χ0n) is 11.2. The molecule has 0 fully saturated rings. The minimum atomic E-state index is -0.0996. The maximum atomic E-state index is 12.2. The number of hydrogen-bond acceptors (Lipinski definition) is 5. The van der Waals surface area contributed by atoms with E-state index in [4.69, 9.17) is 16.3 Å². The predicted molar refractivity (Wildman–Crippen MR) is 74.3 cm³/mol. The largest absolute Gasteiger partial charge is 0.739 e. The van der Waals surface area contributed by atoms with Gasteiger partial charge >= 0.3 is 11.5 Å². The first kappa shape index (κ1) is 14.5. The van der Waals surface area contributed by atoms with E-state index in [1.807, 2.05) is 6.92 Å². The first-order chi connectivity index (χ1) is 9.56. The molecule has 1 unspecified atom stereocenters. The van der Waals surface area contributed by atoms with Crippen molar-refractivity contribution in [2.75, 3.05) is 19.0 Å². The van der Waals surface area contributed by atoms with Gasteiger partial charge in [-0.2, -0.15) is 0 Å². The molecule has 1 aromatic carbocycles. The highest BCUT2D eigenvalue weighted by molar-refractivity contribution is 6.31. The van der Waals surface area contributed by atoms with Crippen LogP contribution in [0.1, 0.15) is 13.3 Å². The highest BCUT2D eigenvalue weighted by Gasteiger charge is 2.23. The second kappa shape index (κ2) is 6.06. The van der Waals surface area contributed by atoms with Gasteiger partial charge in [-0.1, -0.05) is 18.5 Å². The SMILES string of the molecule is CCC(COC)Nc1n[n+]([O-])c2cc(Cl)ccc2[n+]1[O-]. The highest BCUT2D eigenvalue weighted by atomic mass is 35.5. The van der Waals surface area contributed by atoms with Crippen molar-refractivity contribution in [2.45, 2.75) is 19.4 Å². The molecule has 2 rings (SSSR count). The van der Waals surface area contributed by atoms with E-state index < -0.39 is 0 Å². The van der Waals surface area contributed by atoms with Gasteiger partial charge in [-0.15, -0.1) is 0 Å². The van der Waals surface area contributed by atoms with Crippen LogP contribution < -0.4 is 14.9 Å². The third kappa shape index (κ3) is 2.83. The van der Waals surface area contributed by atoms with Crippen molar-refractivity contribution < 1.29 is 14.3 Å². The molecule has 1 heterocycles. The summed E-state index contributed by atoms with van der Waals surface area (Å²) < 4.78 is 5.62. The lowest BCUT2D eigenvalue weighted by Crippen LogP contribution is -2.46. The molecule has 0 saturated heterocycles. The summed E-state index contributed by atoms with van der Waals surface area (Å²) >= 11 is 5.81. The van der Waals surface area contributed by atoms with Gasteiger partial charge in [-0.25, -0.2) is 4.73 Å². The fraction of sp³-hybridized carbons (Fsp3) is 0.417. The third-order valence-electron chi connectivity index (χ3n) is 2.93. The maximum absolute atomic E-state index is 12.2. The number of nitrogens with one attached hydrogen (secondary N) is 1. The van der Waals surface area contributed by atoms with E-state index in [2.05, 4.69) is 10.4 Å². The molecular weight excluding hydrogens is 284 g/mol. The Hall–Kier alpha value is -1.86. The van der Waals surface area contributed by atoms with E-state index in [9.17, 15) is 10.4 Å². The van der Waals surface area contributed by atoms with Gasteiger partial charge < -0.3 is 15.2 Å². The lowest BCUT2D eigenvalue weighted by molar-refractivity contribution is -0.672. The maximum Gasteiger partial charge on any atom is 0.461 e. The van der Waals surface area contributed by atoms with Gasteiger partial charge in [0.05, 0.1) is 12.6 Å². The number of ether oxygens (including phenoxy) is 1. The standard InChI is InChI=1S/C12H15ClN4O3/c1-3-9(7-20-2)14-12-15-17(19)11-6-8(13)4-5-10(11)16(12)18/h4-6,9H,3,7H2,1-2H3,(H,14,15). The molecule has 0 radical (unpaired) electrons. The molecule has 2 aromatic rings. The van der Waals surface area contributed by atoms with Crippen molar-refractivity contribution >= 4 is 28.6 Å². The van der Waals surface area contributed by atoms with Gasteiger partial charge in [0, 0.05) is 23.0 Å². The lowest BCUT2D eigenvalue weighted by Gasteiger charge is -2.14. The first-order valence-electron chi connectivity index (χ1n) is 6.15. The first-order valence-corrected chi connectivity index (χ1v) is 6.52. The Morgan fingerprint density at radius 2 is 2.15 bits per heavy atom. The summed E-state index contributed by atoms with van der Waals surface area (Å²) in [5.74, 6) is -0.0567. The number of fused-ring (bicyclic) bond motifs is 1. The molecule has 0 saturated carbocycles. The van der Waals surface area contributed by atoms with Crippen LogP contribution in [0.4, 0.5) is 5.95 Å². The van der Waals surface area contributed by atoms with E-state index in [1.165, 1.54) is 12.1 Å². The topological polar surface area (TPSA) is 88.0 Å². The molecule has 0 aliphatic rings. The minimum Gasteiger partial charge on any atom is -0.739 e. The van der Waals surface area contributed by atoms with Crippen LogP contribution in [0, 0.1) is 10.4 Å². The zero-order chi connectivity index (χ0) is 14.7. The third-order valence-corrected chi connectivity index (χ3v) is 3.17. The fourth-order valence-corrected chi connectivity index (χ4v) is 2.02. The molecular formula is C12H15ClN4O3. The van der Waals surface area contributed by atoms with Gasteiger partial charge in [0.25, 0.3) is 0 Å². The van der Waals surface area contributed by atoms with Crippen LogP contribution in [-0.2, 0) is 4.74 Å². The molecule has 1 aromatic heterocycles. The summed E-state index contributed by atoms with van der Waals surface area (Å²) in [5.41, 5.74) is 0.326. The van der Waals surface area contributed by atoms with Crippen molar-refractivity contribution in [3.8, 4) is 0 Å². The van der Waals surface area contributed by atoms with Gasteiger partial charge in [0.2, 0.25) is 5.10 Å². The van der Waals surface area contributed by atoms with E-state index in [1.54, 1.807) is 13.2 Å². The minimum absolute atomic E-state index is 0.0567.